The van der Waals surface area contributed by atoms with Crippen molar-refractivity contribution in [2.45, 2.75) is 12.8 Å². The summed E-state index contributed by atoms with van der Waals surface area (Å²) < 4.78 is 0.967. The van der Waals surface area contributed by atoms with E-state index in [9.17, 15) is 4.79 Å². The van der Waals surface area contributed by atoms with Crippen molar-refractivity contribution in [3.05, 3.63) is 28.2 Å². The molecule has 0 aliphatic carbocycles. The van der Waals surface area contributed by atoms with Crippen molar-refractivity contribution in [1.82, 2.24) is 0 Å². The van der Waals surface area contributed by atoms with Gasteiger partial charge in [0, 0.05) is 17.6 Å². The molecule has 0 amide bonds. The zero-order valence-corrected chi connectivity index (χ0v) is 9.83. The second-order valence-corrected chi connectivity index (χ2v) is 4.52. The van der Waals surface area contributed by atoms with Gasteiger partial charge < -0.3 is 10.0 Å². The maximum atomic E-state index is 10.8. The monoisotopic (exact) mass is 269 g/mol. The van der Waals surface area contributed by atoms with Gasteiger partial charge in [-0.2, -0.15) is 0 Å². The van der Waals surface area contributed by atoms with Gasteiger partial charge in [0.05, 0.1) is 11.3 Å². The SMILES string of the molecule is O=C(O)c1ccc(Br)c(N2CCCC2)c1. The van der Waals surface area contributed by atoms with Crippen LogP contribution in [0.2, 0.25) is 0 Å². The minimum Gasteiger partial charge on any atom is -0.478 e. The number of carboxylic acids is 1. The van der Waals surface area contributed by atoms with Crippen LogP contribution in [0.4, 0.5) is 5.69 Å². The Morgan fingerprint density at radius 1 is 1.33 bits per heavy atom. The highest BCUT2D eigenvalue weighted by Crippen LogP contribution is 2.29. The highest BCUT2D eigenvalue weighted by molar-refractivity contribution is 9.10. The molecule has 0 unspecified atom stereocenters. The predicted molar refractivity (Wildman–Crippen MR) is 62.5 cm³/mol. The number of hydrogen-bond donors (Lipinski definition) is 1. The molecule has 1 saturated heterocycles. The van der Waals surface area contributed by atoms with Crippen LogP contribution in [-0.4, -0.2) is 24.2 Å². The average Bonchev–Trinajstić information content (AvgIpc) is 2.71. The number of benzene rings is 1. The van der Waals surface area contributed by atoms with E-state index in [4.69, 9.17) is 5.11 Å². The topological polar surface area (TPSA) is 40.5 Å². The van der Waals surface area contributed by atoms with Crippen molar-refractivity contribution in [2.75, 3.05) is 18.0 Å². The van der Waals surface area contributed by atoms with Crippen molar-refractivity contribution < 1.29 is 9.90 Å². The van der Waals surface area contributed by atoms with E-state index in [1.165, 1.54) is 12.8 Å². The third kappa shape index (κ3) is 2.15. The molecular formula is C11H12BrNO2. The Morgan fingerprint density at radius 2 is 2.00 bits per heavy atom. The normalized spacial score (nSPS) is 15.7. The molecule has 4 heteroatoms. The molecule has 0 saturated carbocycles. The van der Waals surface area contributed by atoms with E-state index in [0.717, 1.165) is 23.2 Å². The lowest BCUT2D eigenvalue weighted by Crippen LogP contribution is -2.18. The lowest BCUT2D eigenvalue weighted by Gasteiger charge is -2.19. The second kappa shape index (κ2) is 4.23. The fourth-order valence-corrected chi connectivity index (χ4v) is 2.34. The van der Waals surface area contributed by atoms with Crippen molar-refractivity contribution >= 4 is 27.6 Å². The van der Waals surface area contributed by atoms with Crippen LogP contribution in [0.1, 0.15) is 23.2 Å². The Bertz CT molecular complexity index is 386. The molecular weight excluding hydrogens is 258 g/mol. The molecule has 1 heterocycles. The minimum atomic E-state index is -0.872. The van der Waals surface area contributed by atoms with Gasteiger partial charge in [0.15, 0.2) is 0 Å². The average molecular weight is 270 g/mol. The molecule has 1 aliphatic rings. The molecule has 1 aromatic carbocycles. The molecule has 0 bridgehead atoms. The number of nitrogens with zero attached hydrogens (tertiary/aromatic N) is 1. The third-order valence-electron chi connectivity index (χ3n) is 2.64. The molecule has 0 aromatic heterocycles. The first-order valence-electron chi connectivity index (χ1n) is 4.96. The summed E-state index contributed by atoms with van der Waals surface area (Å²) >= 11 is 3.45. The Hall–Kier alpha value is -1.03. The van der Waals surface area contributed by atoms with Gasteiger partial charge in [-0.3, -0.25) is 0 Å². The van der Waals surface area contributed by atoms with Gasteiger partial charge in [-0.1, -0.05) is 0 Å². The third-order valence-corrected chi connectivity index (χ3v) is 3.31. The van der Waals surface area contributed by atoms with E-state index in [0.29, 0.717) is 5.56 Å². The summed E-state index contributed by atoms with van der Waals surface area (Å²) in [6.45, 7) is 2.03. The molecule has 0 spiro atoms. The van der Waals surface area contributed by atoms with Crippen LogP contribution in [0.5, 0.6) is 0 Å². The zero-order valence-electron chi connectivity index (χ0n) is 8.24. The van der Waals surface area contributed by atoms with Crippen molar-refractivity contribution in [2.24, 2.45) is 0 Å². The van der Waals surface area contributed by atoms with E-state index in [1.54, 1.807) is 18.2 Å². The van der Waals surface area contributed by atoms with Crippen LogP contribution < -0.4 is 4.90 Å². The van der Waals surface area contributed by atoms with Crippen molar-refractivity contribution in [1.29, 1.82) is 0 Å². The molecule has 15 heavy (non-hydrogen) atoms. The largest absolute Gasteiger partial charge is 0.478 e. The summed E-state index contributed by atoms with van der Waals surface area (Å²) in [6, 6.07) is 5.15. The van der Waals surface area contributed by atoms with Gasteiger partial charge in [0.25, 0.3) is 0 Å². The summed E-state index contributed by atoms with van der Waals surface area (Å²) in [6.07, 6.45) is 2.37. The Kier molecular flexibility index (Phi) is 2.95. The summed E-state index contributed by atoms with van der Waals surface area (Å²) in [5.41, 5.74) is 1.34. The Morgan fingerprint density at radius 3 is 2.60 bits per heavy atom. The van der Waals surface area contributed by atoms with Crippen LogP contribution >= 0.6 is 15.9 Å². The number of hydrogen-bond acceptors (Lipinski definition) is 2. The summed E-state index contributed by atoms with van der Waals surface area (Å²) in [5, 5.41) is 8.91. The number of carbonyl (C=O) groups is 1. The first kappa shape index (κ1) is 10.5. The first-order chi connectivity index (χ1) is 7.18. The molecule has 1 aromatic rings. The fraction of sp³-hybridized carbons (Fsp3) is 0.364. The van der Waals surface area contributed by atoms with Gasteiger partial charge in [-0.25, -0.2) is 4.79 Å². The molecule has 1 fully saturated rings. The van der Waals surface area contributed by atoms with E-state index in [2.05, 4.69) is 20.8 Å². The highest BCUT2D eigenvalue weighted by atomic mass is 79.9. The molecule has 0 radical (unpaired) electrons. The quantitative estimate of drug-likeness (QED) is 0.898. The molecule has 1 aliphatic heterocycles. The van der Waals surface area contributed by atoms with Crippen LogP contribution in [0, 0.1) is 0 Å². The maximum Gasteiger partial charge on any atom is 0.335 e. The summed E-state index contributed by atoms with van der Waals surface area (Å²) in [7, 11) is 0. The number of halogens is 1. The van der Waals surface area contributed by atoms with Gasteiger partial charge in [-0.05, 0) is 47.0 Å². The molecule has 3 nitrogen and oxygen atoms in total. The maximum absolute atomic E-state index is 10.8. The molecule has 0 atom stereocenters. The Balaban J connectivity index is 2.35. The molecule has 80 valence electrons. The van der Waals surface area contributed by atoms with Crippen molar-refractivity contribution in [3.8, 4) is 0 Å². The van der Waals surface area contributed by atoms with E-state index in [1.807, 2.05) is 0 Å². The minimum absolute atomic E-state index is 0.347. The fourth-order valence-electron chi connectivity index (χ4n) is 1.85. The number of anilines is 1. The predicted octanol–water partition coefficient (Wildman–Crippen LogP) is 2.75. The summed E-state index contributed by atoms with van der Waals surface area (Å²) in [5.74, 6) is -0.872. The van der Waals surface area contributed by atoms with E-state index in [-0.39, 0.29) is 0 Å². The number of rotatable bonds is 2. The lowest BCUT2D eigenvalue weighted by atomic mass is 10.2. The van der Waals surface area contributed by atoms with Crippen LogP contribution in [0.25, 0.3) is 0 Å². The van der Waals surface area contributed by atoms with Gasteiger partial charge in [-0.15, -0.1) is 0 Å². The van der Waals surface area contributed by atoms with Crippen LogP contribution in [0.3, 0.4) is 0 Å². The van der Waals surface area contributed by atoms with Crippen LogP contribution in [0.15, 0.2) is 22.7 Å². The number of carboxylic acid groups (broad SMARTS) is 1. The van der Waals surface area contributed by atoms with Crippen LogP contribution in [-0.2, 0) is 0 Å². The molecule has 2 rings (SSSR count). The number of aromatic carboxylic acids is 1. The lowest BCUT2D eigenvalue weighted by molar-refractivity contribution is 0.0697. The van der Waals surface area contributed by atoms with E-state index < -0.39 is 5.97 Å². The Labute approximate surface area is 96.8 Å². The van der Waals surface area contributed by atoms with Gasteiger partial charge >= 0.3 is 5.97 Å². The first-order valence-corrected chi connectivity index (χ1v) is 5.75. The molecule has 1 N–H and O–H groups in total. The zero-order chi connectivity index (χ0) is 10.8. The van der Waals surface area contributed by atoms with Crippen molar-refractivity contribution in [3.63, 3.8) is 0 Å². The van der Waals surface area contributed by atoms with E-state index >= 15 is 0 Å². The summed E-state index contributed by atoms with van der Waals surface area (Å²) in [4.78, 5) is 13.1. The van der Waals surface area contributed by atoms with Gasteiger partial charge in [0.1, 0.15) is 0 Å². The highest BCUT2D eigenvalue weighted by Gasteiger charge is 2.16. The van der Waals surface area contributed by atoms with Gasteiger partial charge in [0.2, 0.25) is 0 Å². The smallest absolute Gasteiger partial charge is 0.335 e. The second-order valence-electron chi connectivity index (χ2n) is 3.67. The standard InChI is InChI=1S/C11H12BrNO2/c12-9-4-3-8(11(14)15)7-10(9)13-5-1-2-6-13/h3-4,7H,1-2,5-6H2,(H,14,15).